The third-order valence-electron chi connectivity index (χ3n) is 4.01. The molecule has 0 aliphatic carbocycles. The largest absolute Gasteiger partial charge is 0.328 e. The van der Waals surface area contributed by atoms with Gasteiger partial charge in [0, 0.05) is 37.0 Å². The van der Waals surface area contributed by atoms with E-state index in [0.29, 0.717) is 24.3 Å². The van der Waals surface area contributed by atoms with Crippen molar-refractivity contribution in [2.75, 3.05) is 29.9 Å². The van der Waals surface area contributed by atoms with Crippen molar-refractivity contribution in [2.45, 2.75) is 6.92 Å². The van der Waals surface area contributed by atoms with Crippen LogP contribution in [-0.4, -0.2) is 42.3 Å². The number of amides is 3. The molecule has 1 aliphatic heterocycles. The fourth-order valence-electron chi connectivity index (χ4n) is 2.84. The molecule has 0 aromatic heterocycles. The zero-order valence-corrected chi connectivity index (χ0v) is 13.9. The van der Waals surface area contributed by atoms with Gasteiger partial charge in [-0.25, -0.2) is 0 Å². The number of nitrogens with zero attached hydrogens (tertiary/aromatic N) is 2. The first-order valence-corrected chi connectivity index (χ1v) is 8.07. The van der Waals surface area contributed by atoms with Crippen LogP contribution >= 0.6 is 0 Å². The number of hydrogen-bond acceptors (Lipinski definition) is 3. The standard InChI is InChI=1S/C19H19N3O3/c1-14(23)20-16-7-5-6-15(12-16)19(25)21-10-11-22(18(24)13-21)17-8-3-2-4-9-17/h2-9,12H,10-11,13H2,1H3,(H,20,23). The Balaban J connectivity index is 1.71. The summed E-state index contributed by atoms with van der Waals surface area (Å²) in [4.78, 5) is 39.5. The Morgan fingerprint density at radius 2 is 1.76 bits per heavy atom. The number of carbonyl (C=O) groups excluding carboxylic acids is 3. The van der Waals surface area contributed by atoms with Gasteiger partial charge in [-0.1, -0.05) is 24.3 Å². The van der Waals surface area contributed by atoms with Gasteiger partial charge in [-0.05, 0) is 30.3 Å². The van der Waals surface area contributed by atoms with Crippen LogP contribution in [0.3, 0.4) is 0 Å². The van der Waals surface area contributed by atoms with E-state index in [0.717, 1.165) is 5.69 Å². The van der Waals surface area contributed by atoms with Crippen molar-refractivity contribution < 1.29 is 14.4 Å². The summed E-state index contributed by atoms with van der Waals surface area (Å²) in [5.74, 6) is -0.520. The van der Waals surface area contributed by atoms with Crippen LogP contribution in [0, 0.1) is 0 Å². The Labute approximate surface area is 146 Å². The second-order valence-corrected chi connectivity index (χ2v) is 5.87. The van der Waals surface area contributed by atoms with Gasteiger partial charge in [-0.3, -0.25) is 14.4 Å². The van der Waals surface area contributed by atoms with Crippen molar-refractivity contribution in [2.24, 2.45) is 0 Å². The Hall–Kier alpha value is -3.15. The van der Waals surface area contributed by atoms with Crippen molar-refractivity contribution >= 4 is 29.1 Å². The van der Waals surface area contributed by atoms with Gasteiger partial charge in [0.25, 0.3) is 5.91 Å². The van der Waals surface area contributed by atoms with Gasteiger partial charge in [0.2, 0.25) is 11.8 Å². The van der Waals surface area contributed by atoms with Crippen LogP contribution in [0.5, 0.6) is 0 Å². The SMILES string of the molecule is CC(=O)Nc1cccc(C(=O)N2CCN(c3ccccc3)C(=O)C2)c1. The molecule has 1 heterocycles. The smallest absolute Gasteiger partial charge is 0.254 e. The van der Waals surface area contributed by atoms with Crippen molar-refractivity contribution in [3.63, 3.8) is 0 Å². The van der Waals surface area contributed by atoms with Crippen molar-refractivity contribution in [3.05, 3.63) is 60.2 Å². The maximum atomic E-state index is 12.7. The molecule has 128 valence electrons. The van der Waals surface area contributed by atoms with Gasteiger partial charge >= 0.3 is 0 Å². The highest BCUT2D eigenvalue weighted by atomic mass is 16.2. The fourth-order valence-corrected chi connectivity index (χ4v) is 2.84. The van der Waals surface area contributed by atoms with Crippen LogP contribution in [0.25, 0.3) is 0 Å². The molecule has 0 bridgehead atoms. The monoisotopic (exact) mass is 337 g/mol. The molecule has 0 unspecified atom stereocenters. The van der Waals surface area contributed by atoms with Crippen LogP contribution in [0.4, 0.5) is 11.4 Å². The Bertz CT molecular complexity index is 805. The van der Waals surface area contributed by atoms with Crippen LogP contribution in [-0.2, 0) is 9.59 Å². The van der Waals surface area contributed by atoms with E-state index in [2.05, 4.69) is 5.32 Å². The molecule has 0 saturated carbocycles. The molecule has 0 atom stereocenters. The normalized spacial score (nSPS) is 14.4. The van der Waals surface area contributed by atoms with Crippen LogP contribution < -0.4 is 10.2 Å². The molecule has 1 saturated heterocycles. The average molecular weight is 337 g/mol. The maximum absolute atomic E-state index is 12.7. The molecule has 0 radical (unpaired) electrons. The quantitative estimate of drug-likeness (QED) is 0.933. The first kappa shape index (κ1) is 16.7. The molecule has 1 fully saturated rings. The van der Waals surface area contributed by atoms with Crippen LogP contribution in [0.1, 0.15) is 17.3 Å². The predicted octanol–water partition coefficient (Wildman–Crippen LogP) is 2.13. The molecule has 3 rings (SSSR count). The summed E-state index contributed by atoms with van der Waals surface area (Å²) >= 11 is 0. The Morgan fingerprint density at radius 1 is 1.00 bits per heavy atom. The minimum absolute atomic E-state index is 0.0398. The van der Waals surface area contributed by atoms with Gasteiger partial charge in [0.15, 0.2) is 0 Å². The van der Waals surface area contributed by atoms with E-state index < -0.39 is 0 Å². The van der Waals surface area contributed by atoms with E-state index in [9.17, 15) is 14.4 Å². The van der Waals surface area contributed by atoms with E-state index in [-0.39, 0.29) is 24.3 Å². The highest BCUT2D eigenvalue weighted by molar-refractivity contribution is 6.02. The summed E-state index contributed by atoms with van der Waals surface area (Å²) in [5, 5.41) is 2.66. The summed E-state index contributed by atoms with van der Waals surface area (Å²) in [6.07, 6.45) is 0. The number of para-hydroxylation sites is 1. The van der Waals surface area contributed by atoms with E-state index in [4.69, 9.17) is 0 Å². The lowest BCUT2D eigenvalue weighted by Crippen LogP contribution is -2.52. The lowest BCUT2D eigenvalue weighted by molar-refractivity contribution is -0.120. The molecule has 25 heavy (non-hydrogen) atoms. The lowest BCUT2D eigenvalue weighted by Gasteiger charge is -2.34. The van der Waals surface area contributed by atoms with Crippen molar-refractivity contribution in [3.8, 4) is 0 Å². The minimum atomic E-state index is -0.215. The fraction of sp³-hybridized carbons (Fsp3) is 0.211. The number of hydrogen-bond donors (Lipinski definition) is 1. The van der Waals surface area contributed by atoms with Crippen LogP contribution in [0.15, 0.2) is 54.6 Å². The number of anilines is 2. The molecule has 1 N–H and O–H groups in total. The Morgan fingerprint density at radius 3 is 2.44 bits per heavy atom. The molecular formula is C19H19N3O3. The molecule has 2 aromatic rings. The van der Waals surface area contributed by atoms with E-state index in [1.165, 1.54) is 11.8 Å². The van der Waals surface area contributed by atoms with Gasteiger partial charge in [0.05, 0.1) is 0 Å². The summed E-state index contributed by atoms with van der Waals surface area (Å²) < 4.78 is 0. The van der Waals surface area contributed by atoms with Gasteiger partial charge in [-0.2, -0.15) is 0 Å². The second-order valence-electron chi connectivity index (χ2n) is 5.87. The first-order chi connectivity index (χ1) is 12.0. The molecule has 0 spiro atoms. The second kappa shape index (κ2) is 7.17. The number of benzene rings is 2. The lowest BCUT2D eigenvalue weighted by atomic mass is 10.1. The number of piperazine rings is 1. The number of nitrogens with one attached hydrogen (secondary N) is 1. The van der Waals surface area contributed by atoms with Crippen molar-refractivity contribution in [1.82, 2.24) is 4.90 Å². The van der Waals surface area contributed by atoms with Crippen molar-refractivity contribution in [1.29, 1.82) is 0 Å². The molecule has 6 heteroatoms. The van der Waals surface area contributed by atoms with E-state index in [1.807, 2.05) is 30.3 Å². The summed E-state index contributed by atoms with van der Waals surface area (Å²) in [7, 11) is 0. The highest BCUT2D eigenvalue weighted by Crippen LogP contribution is 2.19. The minimum Gasteiger partial charge on any atom is -0.328 e. The average Bonchev–Trinajstić information content (AvgIpc) is 2.61. The van der Waals surface area contributed by atoms with E-state index >= 15 is 0 Å². The molecule has 3 amide bonds. The topological polar surface area (TPSA) is 69.7 Å². The number of carbonyl (C=O) groups is 3. The maximum Gasteiger partial charge on any atom is 0.254 e. The zero-order valence-electron chi connectivity index (χ0n) is 13.9. The van der Waals surface area contributed by atoms with E-state index in [1.54, 1.807) is 29.2 Å². The van der Waals surface area contributed by atoms with Gasteiger partial charge < -0.3 is 15.1 Å². The van der Waals surface area contributed by atoms with Crippen LogP contribution in [0.2, 0.25) is 0 Å². The molecule has 2 aromatic carbocycles. The third kappa shape index (κ3) is 3.85. The summed E-state index contributed by atoms with van der Waals surface area (Å²) in [6, 6.07) is 16.2. The zero-order chi connectivity index (χ0) is 17.8. The van der Waals surface area contributed by atoms with Gasteiger partial charge in [-0.15, -0.1) is 0 Å². The molecule has 6 nitrogen and oxygen atoms in total. The Kier molecular flexibility index (Phi) is 4.79. The predicted molar refractivity (Wildman–Crippen MR) is 95.4 cm³/mol. The number of rotatable bonds is 3. The highest BCUT2D eigenvalue weighted by Gasteiger charge is 2.28. The first-order valence-electron chi connectivity index (χ1n) is 8.07. The van der Waals surface area contributed by atoms with Gasteiger partial charge in [0.1, 0.15) is 6.54 Å². The molecular weight excluding hydrogens is 318 g/mol. The summed E-state index contributed by atoms with van der Waals surface area (Å²) in [5.41, 5.74) is 1.85. The molecule has 1 aliphatic rings. The summed E-state index contributed by atoms with van der Waals surface area (Å²) in [6.45, 7) is 2.37. The third-order valence-corrected chi connectivity index (χ3v) is 4.01.